The molecule has 0 aromatic carbocycles. The highest BCUT2D eigenvalue weighted by molar-refractivity contribution is 5.09. The fourth-order valence-electron chi connectivity index (χ4n) is 3.77. The lowest BCUT2D eigenvalue weighted by Crippen LogP contribution is -2.36. The Bertz CT molecular complexity index is 227. The van der Waals surface area contributed by atoms with Crippen LogP contribution in [0.3, 0.4) is 0 Å². The lowest BCUT2D eigenvalue weighted by atomic mass is 9.78. The highest BCUT2D eigenvalue weighted by Crippen LogP contribution is 2.66. The topological polar surface area (TPSA) is 21.3 Å². The van der Waals surface area contributed by atoms with Crippen LogP contribution in [0.4, 0.5) is 0 Å². The summed E-state index contributed by atoms with van der Waals surface area (Å²) in [5.41, 5.74) is 0.710. The fourth-order valence-corrected chi connectivity index (χ4v) is 3.77. The second-order valence-corrected chi connectivity index (χ2v) is 5.97. The molecule has 0 aromatic rings. The molecule has 0 bridgehead atoms. The predicted octanol–water partition coefficient (Wildman–Crippen LogP) is 2.05. The zero-order chi connectivity index (χ0) is 10.3. The summed E-state index contributed by atoms with van der Waals surface area (Å²) in [6.45, 7) is 3.14. The zero-order valence-electron chi connectivity index (χ0n) is 9.80. The average molecular weight is 209 g/mol. The van der Waals surface area contributed by atoms with Crippen LogP contribution in [-0.2, 0) is 4.74 Å². The molecule has 2 atom stereocenters. The summed E-state index contributed by atoms with van der Waals surface area (Å²) >= 11 is 0. The zero-order valence-corrected chi connectivity index (χ0v) is 9.80. The van der Waals surface area contributed by atoms with Gasteiger partial charge < -0.3 is 10.1 Å². The molecule has 3 fully saturated rings. The Labute approximate surface area is 92.8 Å². The van der Waals surface area contributed by atoms with Crippen LogP contribution in [0.1, 0.15) is 32.1 Å². The van der Waals surface area contributed by atoms with E-state index < -0.39 is 0 Å². The van der Waals surface area contributed by atoms with Crippen molar-refractivity contribution in [3.8, 4) is 0 Å². The Balaban J connectivity index is 1.50. The summed E-state index contributed by atoms with van der Waals surface area (Å²) in [5.74, 6) is 3.31. The third-order valence-electron chi connectivity index (χ3n) is 4.81. The average Bonchev–Trinajstić information content (AvgIpc) is 3.13. The lowest BCUT2D eigenvalue weighted by molar-refractivity contribution is 0.175. The van der Waals surface area contributed by atoms with Crippen molar-refractivity contribution < 1.29 is 4.74 Å². The van der Waals surface area contributed by atoms with E-state index in [0.717, 1.165) is 30.9 Å². The smallest absolute Gasteiger partial charge is 0.0587 e. The first-order chi connectivity index (χ1) is 7.34. The van der Waals surface area contributed by atoms with Crippen molar-refractivity contribution in [2.75, 3.05) is 26.8 Å². The van der Waals surface area contributed by atoms with Gasteiger partial charge in [-0.1, -0.05) is 0 Å². The monoisotopic (exact) mass is 209 g/mol. The first-order valence-corrected chi connectivity index (χ1v) is 6.54. The van der Waals surface area contributed by atoms with Crippen LogP contribution in [0, 0.1) is 23.2 Å². The number of nitrogens with one attached hydrogen (secondary N) is 1. The molecule has 3 saturated carbocycles. The van der Waals surface area contributed by atoms with Gasteiger partial charge in [0.25, 0.3) is 0 Å². The minimum atomic E-state index is 0.710. The Hall–Kier alpha value is -0.0800. The van der Waals surface area contributed by atoms with Crippen molar-refractivity contribution in [1.82, 2.24) is 5.32 Å². The number of rotatable bonds is 6. The Kier molecular flexibility index (Phi) is 2.52. The van der Waals surface area contributed by atoms with Crippen LogP contribution in [0.2, 0.25) is 0 Å². The van der Waals surface area contributed by atoms with Gasteiger partial charge in [0.1, 0.15) is 0 Å². The Morgan fingerprint density at radius 3 is 2.60 bits per heavy atom. The van der Waals surface area contributed by atoms with Crippen LogP contribution in [0.15, 0.2) is 0 Å². The van der Waals surface area contributed by atoms with E-state index in [9.17, 15) is 0 Å². The Morgan fingerprint density at radius 2 is 2.00 bits per heavy atom. The van der Waals surface area contributed by atoms with Gasteiger partial charge in [0.15, 0.2) is 0 Å². The molecule has 3 aliphatic rings. The number of hydrogen-bond donors (Lipinski definition) is 1. The quantitative estimate of drug-likeness (QED) is 0.676. The number of ether oxygens (including phenoxy) is 1. The van der Waals surface area contributed by atoms with Gasteiger partial charge in [-0.15, -0.1) is 0 Å². The van der Waals surface area contributed by atoms with E-state index in [1.54, 1.807) is 13.5 Å². The minimum Gasteiger partial charge on any atom is -0.383 e. The molecule has 2 nitrogen and oxygen atoms in total. The van der Waals surface area contributed by atoms with Crippen LogP contribution in [-0.4, -0.2) is 26.8 Å². The lowest BCUT2D eigenvalue weighted by Gasteiger charge is -2.31. The van der Waals surface area contributed by atoms with Crippen molar-refractivity contribution in [3.63, 3.8) is 0 Å². The highest BCUT2D eigenvalue weighted by Gasteiger charge is 2.58. The second-order valence-electron chi connectivity index (χ2n) is 5.97. The summed E-state index contributed by atoms with van der Waals surface area (Å²) in [6.07, 6.45) is 7.62. The maximum Gasteiger partial charge on any atom is 0.0587 e. The maximum absolute atomic E-state index is 5.08. The van der Waals surface area contributed by atoms with Gasteiger partial charge in [0, 0.05) is 20.2 Å². The van der Waals surface area contributed by atoms with Crippen molar-refractivity contribution >= 4 is 0 Å². The SMILES string of the molecule is COCCNCC1(C2CC2)CC2CC2C1. The first kappa shape index (κ1) is 10.1. The van der Waals surface area contributed by atoms with Crippen LogP contribution in [0.25, 0.3) is 0 Å². The van der Waals surface area contributed by atoms with E-state index in [0.29, 0.717) is 5.41 Å². The van der Waals surface area contributed by atoms with Crippen molar-refractivity contribution in [1.29, 1.82) is 0 Å². The molecule has 0 saturated heterocycles. The van der Waals surface area contributed by atoms with E-state index in [1.165, 1.54) is 32.2 Å². The molecular formula is C13H23NO. The van der Waals surface area contributed by atoms with E-state index in [1.807, 2.05) is 0 Å². The minimum absolute atomic E-state index is 0.710. The summed E-state index contributed by atoms with van der Waals surface area (Å²) in [4.78, 5) is 0. The Morgan fingerprint density at radius 1 is 1.27 bits per heavy atom. The molecule has 15 heavy (non-hydrogen) atoms. The van der Waals surface area contributed by atoms with E-state index in [2.05, 4.69) is 5.32 Å². The van der Waals surface area contributed by atoms with Crippen LogP contribution < -0.4 is 5.32 Å². The molecule has 3 rings (SSSR count). The summed E-state index contributed by atoms with van der Waals surface area (Å²) in [6, 6.07) is 0. The third-order valence-corrected chi connectivity index (χ3v) is 4.81. The number of fused-ring (bicyclic) bond motifs is 1. The number of hydrogen-bond acceptors (Lipinski definition) is 2. The summed E-state index contributed by atoms with van der Waals surface area (Å²) < 4.78 is 5.08. The second kappa shape index (κ2) is 3.74. The molecule has 0 aliphatic heterocycles. The number of methoxy groups -OCH3 is 1. The van der Waals surface area contributed by atoms with Crippen molar-refractivity contribution in [2.24, 2.45) is 23.2 Å². The molecule has 1 N–H and O–H groups in total. The van der Waals surface area contributed by atoms with Crippen molar-refractivity contribution in [3.05, 3.63) is 0 Å². The molecular weight excluding hydrogens is 186 g/mol. The summed E-state index contributed by atoms with van der Waals surface area (Å²) in [5, 5.41) is 3.61. The molecule has 0 aromatic heterocycles. The predicted molar refractivity (Wildman–Crippen MR) is 60.7 cm³/mol. The van der Waals surface area contributed by atoms with E-state index in [-0.39, 0.29) is 0 Å². The van der Waals surface area contributed by atoms with Crippen molar-refractivity contribution in [2.45, 2.75) is 32.1 Å². The van der Waals surface area contributed by atoms with Gasteiger partial charge in [0.05, 0.1) is 6.61 Å². The van der Waals surface area contributed by atoms with Gasteiger partial charge >= 0.3 is 0 Å². The van der Waals surface area contributed by atoms with Gasteiger partial charge in [0.2, 0.25) is 0 Å². The molecule has 2 heteroatoms. The fraction of sp³-hybridized carbons (Fsp3) is 1.00. The largest absolute Gasteiger partial charge is 0.383 e. The van der Waals surface area contributed by atoms with E-state index in [4.69, 9.17) is 4.74 Å². The molecule has 0 heterocycles. The highest BCUT2D eigenvalue weighted by atomic mass is 16.5. The normalized spacial score (nSPS) is 43.0. The third kappa shape index (κ3) is 1.94. The van der Waals surface area contributed by atoms with Gasteiger partial charge in [-0.05, 0) is 55.3 Å². The molecule has 3 aliphatic carbocycles. The molecule has 0 spiro atoms. The van der Waals surface area contributed by atoms with Gasteiger partial charge in [-0.2, -0.15) is 0 Å². The molecule has 86 valence electrons. The van der Waals surface area contributed by atoms with E-state index >= 15 is 0 Å². The van der Waals surface area contributed by atoms with Gasteiger partial charge in [-0.25, -0.2) is 0 Å². The first-order valence-electron chi connectivity index (χ1n) is 6.54. The standard InChI is InChI=1S/C13H23NO/c1-15-5-4-14-9-13(12-2-3-12)7-10-6-11(10)8-13/h10-12,14H,2-9H2,1H3. The van der Waals surface area contributed by atoms with Crippen LogP contribution >= 0.6 is 0 Å². The molecule has 0 radical (unpaired) electrons. The molecule has 2 unspecified atom stereocenters. The summed E-state index contributed by atoms with van der Waals surface area (Å²) in [7, 11) is 1.78. The molecule has 0 amide bonds. The van der Waals surface area contributed by atoms with Crippen LogP contribution in [0.5, 0.6) is 0 Å². The van der Waals surface area contributed by atoms with Gasteiger partial charge in [-0.3, -0.25) is 0 Å². The maximum atomic E-state index is 5.08.